The van der Waals surface area contributed by atoms with Crippen LogP contribution in [0.1, 0.15) is 25.7 Å². The van der Waals surface area contributed by atoms with Gasteiger partial charge in [0.15, 0.2) is 0 Å². The molecular formula is C14H18O. The number of hydrogen-bond acceptors (Lipinski definition) is 1. The van der Waals surface area contributed by atoms with Crippen LogP contribution in [0.3, 0.4) is 0 Å². The molecule has 5 aliphatic rings. The number of allylic oxidation sites excluding steroid dienone is 2. The predicted molar refractivity (Wildman–Crippen MR) is 57.2 cm³/mol. The van der Waals surface area contributed by atoms with E-state index in [2.05, 4.69) is 12.2 Å². The summed E-state index contributed by atoms with van der Waals surface area (Å²) in [5.74, 6) is 5.93. The molecule has 4 fully saturated rings. The predicted octanol–water partition coefficient (Wildman–Crippen LogP) is 2.62. The van der Waals surface area contributed by atoms with Crippen molar-refractivity contribution < 1.29 is 4.74 Å². The number of fused-ring (bicyclic) bond motifs is 7. The monoisotopic (exact) mass is 202 g/mol. The first-order valence-electron chi connectivity index (χ1n) is 6.74. The first kappa shape index (κ1) is 7.89. The molecule has 8 unspecified atom stereocenters. The summed E-state index contributed by atoms with van der Waals surface area (Å²) in [6.07, 6.45) is 12.4. The Bertz CT molecular complexity index is 347. The number of hydrogen-bond donors (Lipinski definition) is 0. The Labute approximate surface area is 90.9 Å². The Morgan fingerprint density at radius 3 is 2.40 bits per heavy atom. The van der Waals surface area contributed by atoms with Crippen LogP contribution in [-0.4, -0.2) is 12.2 Å². The highest BCUT2D eigenvalue weighted by molar-refractivity contribution is 5.17. The zero-order valence-electron chi connectivity index (χ0n) is 9.01. The summed E-state index contributed by atoms with van der Waals surface area (Å²) >= 11 is 0. The van der Waals surface area contributed by atoms with Crippen LogP contribution < -0.4 is 0 Å². The Morgan fingerprint density at radius 1 is 0.800 bits per heavy atom. The van der Waals surface area contributed by atoms with Crippen molar-refractivity contribution in [3.05, 3.63) is 12.2 Å². The molecule has 3 saturated carbocycles. The minimum atomic E-state index is 0.719. The van der Waals surface area contributed by atoms with Gasteiger partial charge in [0.1, 0.15) is 0 Å². The van der Waals surface area contributed by atoms with E-state index >= 15 is 0 Å². The summed E-state index contributed by atoms with van der Waals surface area (Å²) in [7, 11) is 0. The molecule has 1 nitrogen and oxygen atoms in total. The molecule has 4 bridgehead atoms. The standard InChI is InChI=1S/C14H18O/c1-2-8-3-7(1)4-10(8)11-5-9-6-12(11)14-13(9)15-14/h1-2,7-14H,3-6H2. The second-order valence-electron chi connectivity index (χ2n) is 6.57. The summed E-state index contributed by atoms with van der Waals surface area (Å²) < 4.78 is 5.79. The molecule has 8 atom stereocenters. The van der Waals surface area contributed by atoms with Crippen LogP contribution in [0.15, 0.2) is 12.2 Å². The molecule has 5 rings (SSSR count). The van der Waals surface area contributed by atoms with E-state index in [1.165, 1.54) is 25.7 Å². The van der Waals surface area contributed by atoms with Gasteiger partial charge >= 0.3 is 0 Å². The molecule has 0 amide bonds. The molecule has 80 valence electrons. The molecular weight excluding hydrogens is 184 g/mol. The molecule has 0 aromatic heterocycles. The normalized spacial score (nSPS) is 67.7. The van der Waals surface area contributed by atoms with Crippen molar-refractivity contribution in [2.24, 2.45) is 35.5 Å². The fraction of sp³-hybridized carbons (Fsp3) is 0.857. The average Bonchev–Trinajstić information content (AvgIpc) is 2.71. The lowest BCUT2D eigenvalue weighted by atomic mass is 9.74. The molecule has 0 aromatic carbocycles. The van der Waals surface area contributed by atoms with Crippen LogP contribution >= 0.6 is 0 Å². The van der Waals surface area contributed by atoms with Crippen molar-refractivity contribution in [1.29, 1.82) is 0 Å². The number of ether oxygens (including phenoxy) is 1. The van der Waals surface area contributed by atoms with E-state index in [0.29, 0.717) is 0 Å². The Hall–Kier alpha value is -0.300. The van der Waals surface area contributed by atoms with E-state index in [-0.39, 0.29) is 0 Å². The van der Waals surface area contributed by atoms with Gasteiger partial charge in [-0.15, -0.1) is 0 Å². The van der Waals surface area contributed by atoms with Gasteiger partial charge in [0, 0.05) is 0 Å². The molecule has 0 radical (unpaired) electrons. The van der Waals surface area contributed by atoms with Crippen LogP contribution in [0.25, 0.3) is 0 Å². The summed E-state index contributed by atoms with van der Waals surface area (Å²) in [6, 6.07) is 0. The van der Waals surface area contributed by atoms with Crippen molar-refractivity contribution in [2.75, 3.05) is 0 Å². The van der Waals surface area contributed by atoms with Crippen molar-refractivity contribution >= 4 is 0 Å². The van der Waals surface area contributed by atoms with Gasteiger partial charge in [-0.25, -0.2) is 0 Å². The second-order valence-corrected chi connectivity index (χ2v) is 6.57. The third-order valence-electron chi connectivity index (χ3n) is 6.03. The highest BCUT2D eigenvalue weighted by Crippen LogP contribution is 2.63. The lowest BCUT2D eigenvalue weighted by Gasteiger charge is -2.30. The zero-order valence-corrected chi connectivity index (χ0v) is 9.01. The minimum Gasteiger partial charge on any atom is -0.369 e. The lowest BCUT2D eigenvalue weighted by molar-refractivity contribution is 0.191. The summed E-state index contributed by atoms with van der Waals surface area (Å²) in [4.78, 5) is 0. The van der Waals surface area contributed by atoms with E-state index < -0.39 is 0 Å². The molecule has 1 aliphatic heterocycles. The zero-order chi connectivity index (χ0) is 9.57. The molecule has 0 aromatic rings. The number of epoxide rings is 1. The molecule has 0 N–H and O–H groups in total. The van der Waals surface area contributed by atoms with E-state index in [9.17, 15) is 0 Å². The van der Waals surface area contributed by atoms with E-state index in [1.807, 2.05) is 0 Å². The molecule has 4 aliphatic carbocycles. The maximum Gasteiger partial charge on any atom is 0.0875 e. The Morgan fingerprint density at radius 2 is 1.73 bits per heavy atom. The van der Waals surface area contributed by atoms with Gasteiger partial charge < -0.3 is 4.74 Å². The van der Waals surface area contributed by atoms with Crippen molar-refractivity contribution in [3.8, 4) is 0 Å². The highest BCUT2D eigenvalue weighted by atomic mass is 16.6. The Balaban J connectivity index is 1.45. The van der Waals surface area contributed by atoms with Crippen molar-refractivity contribution in [2.45, 2.75) is 37.9 Å². The molecule has 1 saturated heterocycles. The van der Waals surface area contributed by atoms with E-state index in [1.54, 1.807) is 0 Å². The largest absolute Gasteiger partial charge is 0.369 e. The van der Waals surface area contributed by atoms with Gasteiger partial charge in [0.2, 0.25) is 0 Å². The fourth-order valence-electron chi connectivity index (χ4n) is 5.46. The van der Waals surface area contributed by atoms with E-state index in [4.69, 9.17) is 4.74 Å². The van der Waals surface area contributed by atoms with Crippen LogP contribution in [-0.2, 0) is 4.74 Å². The lowest BCUT2D eigenvalue weighted by Crippen LogP contribution is -2.27. The van der Waals surface area contributed by atoms with Gasteiger partial charge in [-0.3, -0.25) is 0 Å². The van der Waals surface area contributed by atoms with Crippen molar-refractivity contribution in [1.82, 2.24) is 0 Å². The minimum absolute atomic E-state index is 0.719. The first-order valence-corrected chi connectivity index (χ1v) is 6.74. The van der Waals surface area contributed by atoms with Gasteiger partial charge in [0.05, 0.1) is 12.2 Å². The van der Waals surface area contributed by atoms with E-state index in [0.717, 1.165) is 47.7 Å². The molecule has 1 heteroatoms. The van der Waals surface area contributed by atoms with Crippen LogP contribution in [0.5, 0.6) is 0 Å². The first-order chi connectivity index (χ1) is 7.40. The third kappa shape index (κ3) is 0.860. The molecule has 0 spiro atoms. The fourth-order valence-corrected chi connectivity index (χ4v) is 5.46. The average molecular weight is 202 g/mol. The topological polar surface area (TPSA) is 12.5 Å². The SMILES string of the molecule is C1=CC2CC1CC2C1CC2CC1C1OC21. The van der Waals surface area contributed by atoms with Gasteiger partial charge in [-0.05, 0) is 61.2 Å². The van der Waals surface area contributed by atoms with Gasteiger partial charge in [0.25, 0.3) is 0 Å². The maximum atomic E-state index is 5.79. The summed E-state index contributed by atoms with van der Waals surface area (Å²) in [5, 5.41) is 0. The van der Waals surface area contributed by atoms with Crippen LogP contribution in [0.4, 0.5) is 0 Å². The van der Waals surface area contributed by atoms with Gasteiger partial charge in [-0.2, -0.15) is 0 Å². The summed E-state index contributed by atoms with van der Waals surface area (Å²) in [6.45, 7) is 0. The smallest absolute Gasteiger partial charge is 0.0875 e. The molecule has 15 heavy (non-hydrogen) atoms. The van der Waals surface area contributed by atoms with Crippen molar-refractivity contribution in [3.63, 3.8) is 0 Å². The third-order valence-corrected chi connectivity index (χ3v) is 6.03. The summed E-state index contributed by atoms with van der Waals surface area (Å²) in [5.41, 5.74) is 0. The molecule has 1 heterocycles. The van der Waals surface area contributed by atoms with Crippen LogP contribution in [0.2, 0.25) is 0 Å². The van der Waals surface area contributed by atoms with Gasteiger partial charge in [-0.1, -0.05) is 12.2 Å². The highest BCUT2D eigenvalue weighted by Gasteiger charge is 2.64. The Kier molecular flexibility index (Phi) is 1.23. The van der Waals surface area contributed by atoms with Crippen LogP contribution in [0, 0.1) is 35.5 Å². The second kappa shape index (κ2) is 2.34. The quantitative estimate of drug-likeness (QED) is 0.470. The number of rotatable bonds is 1. The maximum absolute atomic E-state index is 5.79.